The van der Waals surface area contributed by atoms with Crippen molar-refractivity contribution in [2.45, 2.75) is 13.0 Å². The van der Waals surface area contributed by atoms with Gasteiger partial charge in [-0.25, -0.2) is 0 Å². The van der Waals surface area contributed by atoms with Crippen LogP contribution >= 0.6 is 0 Å². The smallest absolute Gasteiger partial charge is 0.161 e. The van der Waals surface area contributed by atoms with Crippen LogP contribution in [0.5, 0.6) is 11.5 Å². The van der Waals surface area contributed by atoms with Gasteiger partial charge in [0.25, 0.3) is 0 Å². The van der Waals surface area contributed by atoms with Crippen LogP contribution in [0.3, 0.4) is 0 Å². The van der Waals surface area contributed by atoms with Crippen molar-refractivity contribution in [3.05, 3.63) is 75.0 Å². The molecule has 3 aliphatic rings. The lowest BCUT2D eigenvalue weighted by Gasteiger charge is -2.31. The van der Waals surface area contributed by atoms with Crippen molar-refractivity contribution in [2.75, 3.05) is 28.4 Å². The molecule has 5 nitrogen and oxygen atoms in total. The first-order valence-corrected chi connectivity index (χ1v) is 10.2. The fraction of sp³-hybridized carbons (Fsp3) is 0.231. The van der Waals surface area contributed by atoms with E-state index in [1.807, 2.05) is 6.08 Å². The van der Waals surface area contributed by atoms with Gasteiger partial charge in [-0.1, -0.05) is 6.08 Å². The van der Waals surface area contributed by atoms with Gasteiger partial charge in [0.1, 0.15) is 11.9 Å². The highest BCUT2D eigenvalue weighted by molar-refractivity contribution is 5.94. The van der Waals surface area contributed by atoms with E-state index >= 15 is 0 Å². The second-order valence-corrected chi connectivity index (χ2v) is 7.80. The van der Waals surface area contributed by atoms with E-state index in [4.69, 9.17) is 18.9 Å². The van der Waals surface area contributed by atoms with Crippen LogP contribution in [0.15, 0.2) is 42.3 Å². The molecule has 0 aromatic heterocycles. The molecular weight excluding hydrogens is 390 g/mol. The first kappa shape index (κ1) is 19.5. The van der Waals surface area contributed by atoms with Crippen molar-refractivity contribution >= 4 is 29.6 Å². The zero-order chi connectivity index (χ0) is 21.7. The number of ether oxygens (including phenoxy) is 4. The summed E-state index contributed by atoms with van der Waals surface area (Å²) in [6.45, 7) is 2.11. The van der Waals surface area contributed by atoms with Crippen LogP contribution in [0.2, 0.25) is 0 Å². The Hall–Kier alpha value is -3.44. The third-order valence-electron chi connectivity index (χ3n) is 6.13. The van der Waals surface area contributed by atoms with Crippen molar-refractivity contribution in [1.82, 2.24) is 4.90 Å². The molecule has 2 heterocycles. The molecule has 1 unspecified atom stereocenters. The van der Waals surface area contributed by atoms with Crippen LogP contribution in [0.25, 0.3) is 29.6 Å². The van der Waals surface area contributed by atoms with E-state index in [1.54, 1.807) is 28.4 Å². The maximum Gasteiger partial charge on any atom is 0.161 e. The molecule has 2 aromatic carbocycles. The van der Waals surface area contributed by atoms with E-state index in [2.05, 4.69) is 60.6 Å². The predicted molar refractivity (Wildman–Crippen MR) is 122 cm³/mol. The van der Waals surface area contributed by atoms with E-state index in [9.17, 15) is 0 Å². The van der Waals surface area contributed by atoms with Crippen LogP contribution in [0, 0.1) is 0 Å². The Balaban J connectivity index is 1.71. The van der Waals surface area contributed by atoms with Gasteiger partial charge >= 0.3 is 0 Å². The number of hydrogen-bond acceptors (Lipinski definition) is 5. The Labute approximate surface area is 181 Å². The van der Waals surface area contributed by atoms with E-state index < -0.39 is 0 Å². The Morgan fingerprint density at radius 3 is 2.19 bits per heavy atom. The molecule has 0 amide bonds. The quantitative estimate of drug-likeness (QED) is 0.763. The molecule has 0 bridgehead atoms. The van der Waals surface area contributed by atoms with Gasteiger partial charge in [0.2, 0.25) is 0 Å². The molecule has 2 aromatic rings. The van der Waals surface area contributed by atoms with Crippen LogP contribution in [-0.4, -0.2) is 33.3 Å². The molecule has 0 saturated carbocycles. The summed E-state index contributed by atoms with van der Waals surface area (Å²) in [6, 6.07) is 8.52. The molecule has 158 valence electrons. The maximum atomic E-state index is 5.74. The topological polar surface area (TPSA) is 40.2 Å². The average Bonchev–Trinajstić information content (AvgIpc) is 2.80. The number of methoxy groups -OCH3 is 4. The van der Waals surface area contributed by atoms with Crippen LogP contribution in [-0.2, 0) is 9.47 Å². The average molecular weight is 415 g/mol. The lowest BCUT2D eigenvalue weighted by molar-refractivity contribution is 0.0775. The SMILES string of the molecule is COC1=CC=c2cc3c(cc2C1OC)=CN1C=C(C)c2cc(OC)c(OC)cc2C1=C3. The van der Waals surface area contributed by atoms with Gasteiger partial charge in [-0.3, -0.25) is 0 Å². The first-order valence-electron chi connectivity index (χ1n) is 10.2. The standard InChI is InChI=1S/C26H25NO4/c1-15-13-27-14-18-9-20-16(6-7-23(28-2)26(20)31-5)8-17(18)10-22(27)21-12-25(30-4)24(29-3)11-19(15)21/h6-14,26H,1-5H3. The van der Waals surface area contributed by atoms with Crippen molar-refractivity contribution < 1.29 is 18.9 Å². The fourth-order valence-electron chi connectivity index (χ4n) is 4.57. The third-order valence-corrected chi connectivity index (χ3v) is 6.13. The highest BCUT2D eigenvalue weighted by Gasteiger charge is 2.26. The maximum absolute atomic E-state index is 5.74. The Morgan fingerprint density at radius 1 is 0.774 bits per heavy atom. The molecule has 2 aliphatic heterocycles. The highest BCUT2D eigenvalue weighted by Crippen LogP contribution is 2.42. The van der Waals surface area contributed by atoms with Gasteiger partial charge < -0.3 is 23.8 Å². The summed E-state index contributed by atoms with van der Waals surface area (Å²) in [6.07, 6.45) is 10.4. The summed E-state index contributed by atoms with van der Waals surface area (Å²) in [5, 5.41) is 2.28. The summed E-state index contributed by atoms with van der Waals surface area (Å²) in [7, 11) is 6.72. The van der Waals surface area contributed by atoms with E-state index in [1.165, 1.54) is 11.1 Å². The lowest BCUT2D eigenvalue weighted by Crippen LogP contribution is -2.29. The van der Waals surface area contributed by atoms with Crippen molar-refractivity contribution in [1.29, 1.82) is 0 Å². The van der Waals surface area contributed by atoms with E-state index in [-0.39, 0.29) is 6.10 Å². The minimum absolute atomic E-state index is 0.204. The van der Waals surface area contributed by atoms with Gasteiger partial charge in [-0.05, 0) is 76.0 Å². The normalized spacial score (nSPS) is 18.0. The van der Waals surface area contributed by atoms with E-state index in [0.29, 0.717) is 0 Å². The monoisotopic (exact) mass is 415 g/mol. The molecule has 0 spiro atoms. The number of allylic oxidation sites excluding steroid dienone is 2. The van der Waals surface area contributed by atoms with Crippen LogP contribution in [0.4, 0.5) is 0 Å². The zero-order valence-corrected chi connectivity index (χ0v) is 18.4. The van der Waals surface area contributed by atoms with Gasteiger partial charge in [-0.15, -0.1) is 0 Å². The molecule has 5 rings (SSSR count). The minimum Gasteiger partial charge on any atom is -0.498 e. The van der Waals surface area contributed by atoms with Crippen LogP contribution < -0.4 is 19.9 Å². The lowest BCUT2D eigenvalue weighted by atomic mass is 9.90. The number of benzene rings is 2. The molecule has 0 N–H and O–H groups in total. The molecular formula is C26H25NO4. The molecule has 1 aliphatic carbocycles. The number of hydrogen-bond donors (Lipinski definition) is 0. The molecule has 0 fully saturated rings. The van der Waals surface area contributed by atoms with Crippen molar-refractivity contribution in [2.24, 2.45) is 0 Å². The largest absolute Gasteiger partial charge is 0.498 e. The summed E-state index contributed by atoms with van der Waals surface area (Å²) in [5.74, 6) is 2.27. The Morgan fingerprint density at radius 2 is 1.52 bits per heavy atom. The molecule has 0 saturated heterocycles. The molecule has 5 heteroatoms. The minimum atomic E-state index is -0.204. The second kappa shape index (κ2) is 7.36. The van der Waals surface area contributed by atoms with Crippen molar-refractivity contribution in [3.63, 3.8) is 0 Å². The predicted octanol–water partition coefficient (Wildman–Crippen LogP) is 3.64. The Kier molecular flexibility index (Phi) is 4.63. The summed E-state index contributed by atoms with van der Waals surface area (Å²) < 4.78 is 22.3. The highest BCUT2D eigenvalue weighted by atomic mass is 16.5. The summed E-state index contributed by atoms with van der Waals surface area (Å²) in [5.41, 5.74) is 6.82. The summed E-state index contributed by atoms with van der Waals surface area (Å²) >= 11 is 0. The fourth-order valence-corrected chi connectivity index (χ4v) is 4.57. The molecule has 0 radical (unpaired) electrons. The number of fused-ring (bicyclic) bond motifs is 5. The van der Waals surface area contributed by atoms with Gasteiger partial charge in [0.05, 0.1) is 27.0 Å². The zero-order valence-electron chi connectivity index (χ0n) is 18.4. The van der Waals surface area contributed by atoms with Gasteiger partial charge in [0, 0.05) is 25.1 Å². The number of nitrogens with zero attached hydrogens (tertiary/aromatic N) is 1. The van der Waals surface area contributed by atoms with Crippen LogP contribution in [0.1, 0.15) is 35.3 Å². The molecule has 31 heavy (non-hydrogen) atoms. The van der Waals surface area contributed by atoms with E-state index in [0.717, 1.165) is 50.1 Å². The van der Waals surface area contributed by atoms with Gasteiger partial charge in [0.15, 0.2) is 11.5 Å². The van der Waals surface area contributed by atoms with Gasteiger partial charge in [-0.2, -0.15) is 0 Å². The second-order valence-electron chi connectivity index (χ2n) is 7.80. The summed E-state index contributed by atoms with van der Waals surface area (Å²) in [4.78, 5) is 2.18. The first-order chi connectivity index (χ1) is 15.1. The Bertz CT molecular complexity index is 1300. The third kappa shape index (κ3) is 2.96. The number of rotatable bonds is 4. The van der Waals surface area contributed by atoms with Crippen molar-refractivity contribution in [3.8, 4) is 11.5 Å². The molecule has 1 atom stereocenters.